The predicted octanol–water partition coefficient (Wildman–Crippen LogP) is 1.95. The van der Waals surface area contributed by atoms with Crippen molar-refractivity contribution in [3.8, 4) is 11.8 Å². The SMILES string of the molecule is CC(C)(C)c1csc(CC#CCN)n1. The van der Waals surface area contributed by atoms with Gasteiger partial charge in [-0.1, -0.05) is 32.6 Å². The van der Waals surface area contributed by atoms with Gasteiger partial charge in [-0.25, -0.2) is 4.98 Å². The molecule has 0 saturated heterocycles. The second-order valence-corrected chi connectivity index (χ2v) is 5.05. The van der Waals surface area contributed by atoms with Gasteiger partial charge in [0.25, 0.3) is 0 Å². The summed E-state index contributed by atoms with van der Waals surface area (Å²) in [4.78, 5) is 4.53. The fraction of sp³-hybridized carbons (Fsp3) is 0.545. The van der Waals surface area contributed by atoms with Gasteiger partial charge in [-0.15, -0.1) is 11.3 Å². The zero-order valence-electron chi connectivity index (χ0n) is 8.92. The molecule has 2 nitrogen and oxygen atoms in total. The van der Waals surface area contributed by atoms with Gasteiger partial charge < -0.3 is 5.73 Å². The van der Waals surface area contributed by atoms with E-state index in [1.54, 1.807) is 11.3 Å². The van der Waals surface area contributed by atoms with Gasteiger partial charge in [0.2, 0.25) is 0 Å². The van der Waals surface area contributed by atoms with Gasteiger partial charge in [0.1, 0.15) is 5.01 Å². The zero-order chi connectivity index (χ0) is 10.6. The molecule has 1 aromatic heterocycles. The van der Waals surface area contributed by atoms with Crippen molar-refractivity contribution in [1.29, 1.82) is 0 Å². The molecule has 0 radical (unpaired) electrons. The summed E-state index contributed by atoms with van der Waals surface area (Å²) >= 11 is 1.67. The maximum absolute atomic E-state index is 5.28. The van der Waals surface area contributed by atoms with Gasteiger partial charge in [-0.2, -0.15) is 0 Å². The molecule has 0 unspecified atom stereocenters. The van der Waals surface area contributed by atoms with Gasteiger partial charge in [0.05, 0.1) is 18.7 Å². The molecule has 76 valence electrons. The predicted molar refractivity (Wildman–Crippen MR) is 61.3 cm³/mol. The van der Waals surface area contributed by atoms with Gasteiger partial charge in [-0.05, 0) is 0 Å². The second kappa shape index (κ2) is 4.59. The molecule has 0 bridgehead atoms. The maximum Gasteiger partial charge on any atom is 0.105 e. The lowest BCUT2D eigenvalue weighted by molar-refractivity contribution is 0.571. The van der Waals surface area contributed by atoms with Crippen LogP contribution in [0.5, 0.6) is 0 Å². The van der Waals surface area contributed by atoms with Crippen molar-refractivity contribution in [2.24, 2.45) is 5.73 Å². The third kappa shape index (κ3) is 3.13. The highest BCUT2D eigenvalue weighted by Crippen LogP contribution is 2.23. The van der Waals surface area contributed by atoms with Crippen molar-refractivity contribution in [2.45, 2.75) is 32.6 Å². The van der Waals surface area contributed by atoms with Crippen molar-refractivity contribution < 1.29 is 0 Å². The summed E-state index contributed by atoms with van der Waals surface area (Å²) in [7, 11) is 0. The van der Waals surface area contributed by atoms with E-state index in [1.165, 1.54) is 0 Å². The molecular weight excluding hydrogens is 192 g/mol. The minimum absolute atomic E-state index is 0.135. The molecule has 0 spiro atoms. The van der Waals surface area contributed by atoms with E-state index >= 15 is 0 Å². The molecule has 0 aliphatic heterocycles. The Morgan fingerprint density at radius 3 is 2.64 bits per heavy atom. The first kappa shape index (κ1) is 11.2. The quantitative estimate of drug-likeness (QED) is 0.716. The molecule has 14 heavy (non-hydrogen) atoms. The number of aromatic nitrogens is 1. The molecule has 0 atom stereocenters. The Balaban J connectivity index is 2.69. The van der Waals surface area contributed by atoms with E-state index in [9.17, 15) is 0 Å². The fourth-order valence-electron chi connectivity index (χ4n) is 0.947. The van der Waals surface area contributed by atoms with Crippen LogP contribution in [0, 0.1) is 11.8 Å². The van der Waals surface area contributed by atoms with E-state index in [4.69, 9.17) is 5.73 Å². The fourth-order valence-corrected chi connectivity index (χ4v) is 1.91. The number of nitrogens with two attached hydrogens (primary N) is 1. The average molecular weight is 208 g/mol. The number of thiazole rings is 1. The van der Waals surface area contributed by atoms with Crippen LogP contribution in [-0.4, -0.2) is 11.5 Å². The second-order valence-electron chi connectivity index (χ2n) is 4.11. The molecule has 1 heterocycles. The number of hydrogen-bond donors (Lipinski definition) is 1. The Hall–Kier alpha value is -0.850. The zero-order valence-corrected chi connectivity index (χ0v) is 9.74. The summed E-state index contributed by atoms with van der Waals surface area (Å²) in [5.74, 6) is 5.83. The van der Waals surface area contributed by atoms with Crippen LogP contribution < -0.4 is 5.73 Å². The van der Waals surface area contributed by atoms with Crippen molar-refractivity contribution in [1.82, 2.24) is 4.98 Å². The summed E-state index contributed by atoms with van der Waals surface area (Å²) in [6.07, 6.45) is 0.720. The highest BCUT2D eigenvalue weighted by molar-refractivity contribution is 7.09. The standard InChI is InChI=1S/C11H16N2S/c1-11(2,3)9-8-14-10(13-9)6-4-5-7-12/h8H,6-7,12H2,1-3H3. The number of hydrogen-bond acceptors (Lipinski definition) is 3. The molecule has 1 rings (SSSR count). The van der Waals surface area contributed by atoms with Crippen molar-refractivity contribution in [3.05, 3.63) is 16.1 Å². The summed E-state index contributed by atoms with van der Waals surface area (Å²) < 4.78 is 0. The molecule has 3 heteroatoms. The van der Waals surface area contributed by atoms with Gasteiger partial charge in [0.15, 0.2) is 0 Å². The van der Waals surface area contributed by atoms with Crippen LogP contribution in [-0.2, 0) is 11.8 Å². The van der Waals surface area contributed by atoms with Gasteiger partial charge >= 0.3 is 0 Å². The molecule has 0 saturated carbocycles. The summed E-state index contributed by atoms with van der Waals surface area (Å²) in [5.41, 5.74) is 6.56. The molecule has 0 aliphatic carbocycles. The van der Waals surface area contributed by atoms with Crippen LogP contribution >= 0.6 is 11.3 Å². The first-order valence-electron chi connectivity index (χ1n) is 4.64. The lowest BCUT2D eigenvalue weighted by Gasteiger charge is -2.14. The molecule has 0 amide bonds. The molecule has 0 aliphatic rings. The van der Waals surface area contributed by atoms with Crippen molar-refractivity contribution >= 4 is 11.3 Å². The van der Waals surface area contributed by atoms with E-state index in [2.05, 4.69) is 43.0 Å². The first-order chi connectivity index (χ1) is 6.54. The molecule has 0 aromatic carbocycles. The van der Waals surface area contributed by atoms with Crippen LogP contribution in [0.25, 0.3) is 0 Å². The van der Waals surface area contributed by atoms with E-state index in [1.807, 2.05) is 0 Å². The number of nitrogens with zero attached hydrogens (tertiary/aromatic N) is 1. The topological polar surface area (TPSA) is 38.9 Å². The van der Waals surface area contributed by atoms with Gasteiger partial charge in [0, 0.05) is 10.8 Å². The largest absolute Gasteiger partial charge is 0.320 e. The van der Waals surface area contributed by atoms with E-state index in [0.29, 0.717) is 6.54 Å². The van der Waals surface area contributed by atoms with E-state index in [-0.39, 0.29) is 5.41 Å². The highest BCUT2D eigenvalue weighted by atomic mass is 32.1. The highest BCUT2D eigenvalue weighted by Gasteiger charge is 2.16. The maximum atomic E-state index is 5.28. The molecule has 2 N–H and O–H groups in total. The summed E-state index contributed by atoms with van der Waals surface area (Å²) in [5, 5.41) is 3.19. The Labute approximate surface area is 89.6 Å². The van der Waals surface area contributed by atoms with Crippen molar-refractivity contribution in [2.75, 3.05) is 6.54 Å². The lowest BCUT2D eigenvalue weighted by Crippen LogP contribution is -2.11. The lowest BCUT2D eigenvalue weighted by atomic mass is 9.93. The van der Waals surface area contributed by atoms with Crippen LogP contribution in [0.4, 0.5) is 0 Å². The van der Waals surface area contributed by atoms with Gasteiger partial charge in [-0.3, -0.25) is 0 Å². The minimum Gasteiger partial charge on any atom is -0.320 e. The smallest absolute Gasteiger partial charge is 0.105 e. The third-order valence-electron chi connectivity index (χ3n) is 1.79. The Morgan fingerprint density at radius 2 is 2.14 bits per heavy atom. The summed E-state index contributed by atoms with van der Waals surface area (Å²) in [6, 6.07) is 0. The Morgan fingerprint density at radius 1 is 1.43 bits per heavy atom. The molecular formula is C11H16N2S. The number of rotatable bonds is 1. The summed E-state index contributed by atoms with van der Waals surface area (Å²) in [6.45, 7) is 6.92. The average Bonchev–Trinajstić information content (AvgIpc) is 2.52. The van der Waals surface area contributed by atoms with E-state index < -0.39 is 0 Å². The normalized spacial score (nSPS) is 10.9. The van der Waals surface area contributed by atoms with Crippen molar-refractivity contribution in [3.63, 3.8) is 0 Å². The third-order valence-corrected chi connectivity index (χ3v) is 2.64. The van der Waals surface area contributed by atoms with Crippen LogP contribution in [0.3, 0.4) is 0 Å². The van der Waals surface area contributed by atoms with E-state index in [0.717, 1.165) is 17.1 Å². The monoisotopic (exact) mass is 208 g/mol. The minimum atomic E-state index is 0.135. The first-order valence-corrected chi connectivity index (χ1v) is 5.52. The van der Waals surface area contributed by atoms with Crippen LogP contribution in [0.2, 0.25) is 0 Å². The Bertz CT molecular complexity index is 349. The Kier molecular flexibility index (Phi) is 3.68. The molecule has 1 aromatic rings. The molecule has 0 fully saturated rings. The van der Waals surface area contributed by atoms with Crippen LogP contribution in [0.1, 0.15) is 31.5 Å². The van der Waals surface area contributed by atoms with Crippen LogP contribution in [0.15, 0.2) is 5.38 Å².